The Hall–Kier alpha value is -4.12. The minimum Gasteiger partial charge on any atom is -0.449 e. The Balaban J connectivity index is 1.12. The first-order valence-corrected chi connectivity index (χ1v) is 15.2. The van der Waals surface area contributed by atoms with E-state index in [4.69, 9.17) is 14.6 Å². The Morgan fingerprint density at radius 3 is 2.23 bits per heavy atom. The van der Waals surface area contributed by atoms with Gasteiger partial charge < -0.3 is 33.9 Å². The largest absolute Gasteiger partial charge is 0.449 e. The van der Waals surface area contributed by atoms with Crippen molar-refractivity contribution in [1.29, 1.82) is 0 Å². The highest BCUT2D eigenvalue weighted by Gasteiger charge is 2.34. The highest BCUT2D eigenvalue weighted by molar-refractivity contribution is 6.30. The van der Waals surface area contributed by atoms with Crippen LogP contribution in [-0.4, -0.2) is 95.2 Å². The molecule has 2 amide bonds. The summed E-state index contributed by atoms with van der Waals surface area (Å²) in [4.78, 5) is 30.6. The van der Waals surface area contributed by atoms with Crippen LogP contribution in [-0.2, 0) is 29.1 Å². The molecule has 10 nitrogen and oxygen atoms in total. The number of fused-ring (bicyclic) bond motifs is 9. The zero-order valence-corrected chi connectivity index (χ0v) is 24.1. The summed E-state index contributed by atoms with van der Waals surface area (Å²) in [5, 5.41) is 16.4. The number of para-hydroxylation sites is 2. The Morgan fingerprint density at radius 2 is 1.53 bits per heavy atom. The highest BCUT2D eigenvalue weighted by atomic mass is 16.6. The second-order valence-corrected chi connectivity index (χ2v) is 11.8. The lowest BCUT2D eigenvalue weighted by Gasteiger charge is -2.34. The number of ether oxygens (including phenoxy) is 2. The van der Waals surface area contributed by atoms with Crippen LogP contribution in [0.25, 0.3) is 43.6 Å². The van der Waals surface area contributed by atoms with Gasteiger partial charge in [0, 0.05) is 90.9 Å². The van der Waals surface area contributed by atoms with Crippen LogP contribution in [0, 0.1) is 5.92 Å². The minimum absolute atomic E-state index is 0.0101. The number of benzene rings is 3. The van der Waals surface area contributed by atoms with Gasteiger partial charge in [-0.25, -0.2) is 4.79 Å². The van der Waals surface area contributed by atoms with Gasteiger partial charge in [0.2, 0.25) is 0 Å². The van der Waals surface area contributed by atoms with E-state index in [1.807, 2.05) is 6.07 Å². The molecule has 5 heterocycles. The Bertz CT molecular complexity index is 1900. The van der Waals surface area contributed by atoms with Crippen LogP contribution in [0.1, 0.15) is 15.9 Å². The SMILES string of the molecule is O=C1NCc2c1c1c3ccccc3n3c1c1c2c2ccccc2n1CC(COC(=O)N1CCN(CCOCCO)CC1)C3. The number of piperazine rings is 1. The fourth-order valence-electron chi connectivity index (χ4n) is 7.47. The maximum absolute atomic E-state index is 13.3. The predicted molar refractivity (Wildman–Crippen MR) is 164 cm³/mol. The van der Waals surface area contributed by atoms with Gasteiger partial charge in [-0.15, -0.1) is 0 Å². The zero-order valence-electron chi connectivity index (χ0n) is 24.1. The van der Waals surface area contributed by atoms with E-state index in [0.717, 1.165) is 74.4 Å². The molecule has 1 atom stereocenters. The molecule has 5 aromatic rings. The fraction of sp³-hybridized carbons (Fsp3) is 0.394. The van der Waals surface area contributed by atoms with E-state index in [2.05, 4.69) is 61.8 Å². The molecular weight excluding hydrogens is 546 g/mol. The molecule has 8 rings (SSSR count). The zero-order chi connectivity index (χ0) is 29.1. The summed E-state index contributed by atoms with van der Waals surface area (Å²) < 4.78 is 16.2. The van der Waals surface area contributed by atoms with Gasteiger partial charge in [-0.1, -0.05) is 36.4 Å². The van der Waals surface area contributed by atoms with E-state index in [1.165, 1.54) is 0 Å². The van der Waals surface area contributed by atoms with Crippen LogP contribution >= 0.6 is 0 Å². The normalized spacial score (nSPS) is 18.7. The van der Waals surface area contributed by atoms with Crippen molar-refractivity contribution in [1.82, 2.24) is 24.3 Å². The number of carbonyl (C=O) groups is 2. The summed E-state index contributed by atoms with van der Waals surface area (Å²) in [6, 6.07) is 16.8. The van der Waals surface area contributed by atoms with Crippen LogP contribution in [0.5, 0.6) is 0 Å². The van der Waals surface area contributed by atoms with Gasteiger partial charge in [0.1, 0.15) is 0 Å². The number of rotatable bonds is 7. The van der Waals surface area contributed by atoms with Gasteiger partial charge in [-0.05, 0) is 17.7 Å². The number of amides is 2. The maximum Gasteiger partial charge on any atom is 0.409 e. The molecule has 0 bridgehead atoms. The third-order valence-electron chi connectivity index (χ3n) is 9.41. The van der Waals surface area contributed by atoms with Crippen LogP contribution in [0.3, 0.4) is 0 Å². The van der Waals surface area contributed by atoms with E-state index < -0.39 is 0 Å². The molecule has 2 aromatic heterocycles. The van der Waals surface area contributed by atoms with Gasteiger partial charge in [-0.2, -0.15) is 0 Å². The van der Waals surface area contributed by atoms with Crippen molar-refractivity contribution in [2.24, 2.45) is 5.92 Å². The molecule has 1 saturated heterocycles. The minimum atomic E-state index is -0.265. The van der Waals surface area contributed by atoms with Crippen LogP contribution in [0.15, 0.2) is 48.5 Å². The summed E-state index contributed by atoms with van der Waals surface area (Å²) in [5.41, 5.74) is 6.37. The van der Waals surface area contributed by atoms with Crippen molar-refractivity contribution in [3.63, 3.8) is 0 Å². The first kappa shape index (κ1) is 26.5. The number of aromatic nitrogens is 2. The molecule has 10 heteroatoms. The van der Waals surface area contributed by atoms with Crippen molar-refractivity contribution < 1.29 is 24.2 Å². The van der Waals surface area contributed by atoms with Crippen molar-refractivity contribution in [2.45, 2.75) is 19.6 Å². The molecule has 1 fully saturated rings. The summed E-state index contributed by atoms with van der Waals surface area (Å²) >= 11 is 0. The number of hydrogen-bond acceptors (Lipinski definition) is 6. The number of aliphatic hydroxyl groups excluding tert-OH is 1. The monoisotopic (exact) mass is 581 g/mol. The molecule has 1 unspecified atom stereocenters. The predicted octanol–water partition coefficient (Wildman–Crippen LogP) is 3.54. The molecule has 2 N–H and O–H groups in total. The Morgan fingerprint density at radius 1 is 0.884 bits per heavy atom. The quantitative estimate of drug-likeness (QED) is 0.285. The lowest BCUT2D eigenvalue weighted by molar-refractivity contribution is 0.0445. The number of hydrogen-bond donors (Lipinski definition) is 2. The van der Waals surface area contributed by atoms with Crippen LogP contribution in [0.2, 0.25) is 0 Å². The molecule has 3 aliphatic rings. The first-order chi connectivity index (χ1) is 21.1. The van der Waals surface area contributed by atoms with Gasteiger partial charge >= 0.3 is 6.09 Å². The van der Waals surface area contributed by atoms with Crippen molar-refractivity contribution in [2.75, 3.05) is 59.2 Å². The lowest BCUT2D eigenvalue weighted by atomic mass is 9.97. The van der Waals surface area contributed by atoms with Crippen LogP contribution < -0.4 is 5.32 Å². The molecule has 43 heavy (non-hydrogen) atoms. The lowest BCUT2D eigenvalue weighted by Crippen LogP contribution is -2.49. The Kier molecular flexibility index (Phi) is 6.50. The fourth-order valence-corrected chi connectivity index (χ4v) is 7.47. The molecule has 222 valence electrons. The molecule has 0 radical (unpaired) electrons. The summed E-state index contributed by atoms with van der Waals surface area (Å²) in [7, 11) is 0. The van der Waals surface area contributed by atoms with Crippen molar-refractivity contribution >= 4 is 55.6 Å². The second kappa shape index (κ2) is 10.6. The molecule has 0 spiro atoms. The topological polar surface area (TPSA) is 101 Å². The van der Waals surface area contributed by atoms with E-state index in [0.29, 0.717) is 52.5 Å². The average Bonchev–Trinajstić information content (AvgIpc) is 3.64. The first-order valence-electron chi connectivity index (χ1n) is 15.2. The molecule has 3 aromatic carbocycles. The van der Waals surface area contributed by atoms with Crippen molar-refractivity contribution in [3.05, 3.63) is 59.7 Å². The van der Waals surface area contributed by atoms with Gasteiger partial charge in [0.15, 0.2) is 0 Å². The number of nitrogens with zero attached hydrogens (tertiary/aromatic N) is 4. The summed E-state index contributed by atoms with van der Waals surface area (Å²) in [5.74, 6) is 0.0344. The third-order valence-corrected chi connectivity index (χ3v) is 9.41. The van der Waals surface area contributed by atoms with Gasteiger partial charge in [0.05, 0.1) is 43.0 Å². The van der Waals surface area contributed by atoms with E-state index >= 15 is 0 Å². The van der Waals surface area contributed by atoms with Crippen molar-refractivity contribution in [3.8, 4) is 0 Å². The smallest absolute Gasteiger partial charge is 0.409 e. The number of aliphatic hydroxyl groups is 1. The van der Waals surface area contributed by atoms with Gasteiger partial charge in [-0.3, -0.25) is 9.69 Å². The molecule has 3 aliphatic heterocycles. The van der Waals surface area contributed by atoms with E-state index in [1.54, 1.807) is 4.90 Å². The molecule has 0 saturated carbocycles. The summed E-state index contributed by atoms with van der Waals surface area (Å²) in [6.07, 6.45) is -0.265. The standard InChI is InChI=1S/C33H35N5O5/c39-14-16-42-15-13-35-9-11-36(12-10-35)33(41)43-20-21-18-37-25-7-3-1-5-22(25)27-24-17-34-32(40)29(24)28-23-6-2-4-8-26(23)38(19-21)31(28)30(27)37/h1-8,21,39H,9-20H2,(H,34,40). The maximum atomic E-state index is 13.3. The van der Waals surface area contributed by atoms with Crippen LogP contribution in [0.4, 0.5) is 4.79 Å². The Labute approximate surface area is 248 Å². The molecule has 0 aliphatic carbocycles. The highest BCUT2D eigenvalue weighted by Crippen LogP contribution is 2.46. The van der Waals surface area contributed by atoms with E-state index in [9.17, 15) is 9.59 Å². The number of carbonyl (C=O) groups excluding carboxylic acids is 2. The number of nitrogens with one attached hydrogen (secondary N) is 1. The summed E-state index contributed by atoms with van der Waals surface area (Å²) in [6.45, 7) is 6.76. The van der Waals surface area contributed by atoms with E-state index in [-0.39, 0.29) is 24.5 Å². The third kappa shape index (κ3) is 4.19. The van der Waals surface area contributed by atoms with Gasteiger partial charge in [0.25, 0.3) is 5.91 Å². The average molecular weight is 582 g/mol. The second-order valence-electron chi connectivity index (χ2n) is 11.8. The molecular formula is C33H35N5O5.